The molecule has 5 heteroatoms. The summed E-state index contributed by atoms with van der Waals surface area (Å²) < 4.78 is 2.00. The van der Waals surface area contributed by atoms with E-state index in [1.54, 1.807) is 0 Å². The minimum Gasteiger partial charge on any atom is -0.335 e. The van der Waals surface area contributed by atoms with Crippen molar-refractivity contribution in [3.63, 3.8) is 0 Å². The summed E-state index contributed by atoms with van der Waals surface area (Å²) >= 11 is 0. The van der Waals surface area contributed by atoms with Crippen LogP contribution in [0.4, 0.5) is 0 Å². The molecule has 1 saturated heterocycles. The molecule has 5 nitrogen and oxygen atoms in total. The van der Waals surface area contributed by atoms with Crippen LogP contribution in [0.3, 0.4) is 0 Å². The van der Waals surface area contributed by atoms with Gasteiger partial charge in [0.2, 0.25) is 0 Å². The van der Waals surface area contributed by atoms with Crippen molar-refractivity contribution in [3.05, 3.63) is 89.7 Å². The largest absolute Gasteiger partial charge is 0.335 e. The topological polar surface area (TPSA) is 45.6 Å². The van der Waals surface area contributed by atoms with Gasteiger partial charge in [-0.15, -0.1) is 0 Å². The lowest BCUT2D eigenvalue weighted by Gasteiger charge is -2.35. The first kappa shape index (κ1) is 18.0. The maximum absolute atomic E-state index is 12.8. The number of amides is 2. The summed E-state index contributed by atoms with van der Waals surface area (Å²) in [7, 11) is 0. The monoisotopic (exact) mass is 373 g/mol. The van der Waals surface area contributed by atoms with Crippen molar-refractivity contribution < 1.29 is 9.59 Å². The molecular formula is C23H23N3O2. The van der Waals surface area contributed by atoms with Gasteiger partial charge in [-0.3, -0.25) is 9.59 Å². The van der Waals surface area contributed by atoms with Crippen molar-refractivity contribution in [2.75, 3.05) is 26.2 Å². The zero-order valence-electron chi connectivity index (χ0n) is 15.9. The predicted octanol–water partition coefficient (Wildman–Crippen LogP) is 3.38. The smallest absolute Gasteiger partial charge is 0.253 e. The number of rotatable bonds is 3. The quantitative estimate of drug-likeness (QED) is 0.707. The number of carbonyl (C=O) groups is 2. The molecule has 0 spiro atoms. The third-order valence-corrected chi connectivity index (χ3v) is 5.14. The highest BCUT2D eigenvalue weighted by Gasteiger charge is 2.25. The molecule has 4 rings (SSSR count). The molecule has 0 N–H and O–H groups in total. The van der Waals surface area contributed by atoms with Crippen LogP contribution in [0.15, 0.2) is 73.1 Å². The number of aromatic nitrogens is 1. The number of piperazine rings is 1. The van der Waals surface area contributed by atoms with E-state index in [2.05, 4.69) is 0 Å². The maximum Gasteiger partial charge on any atom is 0.253 e. The highest BCUT2D eigenvalue weighted by atomic mass is 16.2. The van der Waals surface area contributed by atoms with E-state index in [1.807, 2.05) is 94.3 Å². The number of nitrogens with zero attached hydrogens (tertiary/aromatic N) is 3. The van der Waals surface area contributed by atoms with Gasteiger partial charge < -0.3 is 14.4 Å². The summed E-state index contributed by atoms with van der Waals surface area (Å²) in [6, 6.07) is 19.2. The highest BCUT2D eigenvalue weighted by molar-refractivity contribution is 5.96. The van der Waals surface area contributed by atoms with E-state index in [-0.39, 0.29) is 11.8 Å². The molecule has 0 radical (unpaired) electrons. The molecule has 1 aliphatic heterocycles. The molecule has 0 bridgehead atoms. The highest BCUT2D eigenvalue weighted by Crippen LogP contribution is 2.15. The van der Waals surface area contributed by atoms with Gasteiger partial charge in [0.05, 0.1) is 0 Å². The Kier molecular flexibility index (Phi) is 4.98. The number of benzene rings is 2. The predicted molar refractivity (Wildman–Crippen MR) is 109 cm³/mol. The van der Waals surface area contributed by atoms with Crippen LogP contribution in [0.25, 0.3) is 5.69 Å². The fourth-order valence-electron chi connectivity index (χ4n) is 3.54. The molecule has 142 valence electrons. The number of carbonyl (C=O) groups excluding carboxylic acids is 2. The lowest BCUT2D eigenvalue weighted by atomic mass is 10.1. The Morgan fingerprint density at radius 2 is 1.29 bits per heavy atom. The first-order chi connectivity index (χ1) is 13.6. The van der Waals surface area contributed by atoms with E-state index in [4.69, 9.17) is 0 Å². The van der Waals surface area contributed by atoms with E-state index in [1.165, 1.54) is 0 Å². The average Bonchev–Trinajstić information content (AvgIpc) is 3.28. The Labute approximate surface area is 164 Å². The fourth-order valence-corrected chi connectivity index (χ4v) is 3.54. The molecule has 0 atom stereocenters. The van der Waals surface area contributed by atoms with E-state index in [9.17, 15) is 9.59 Å². The van der Waals surface area contributed by atoms with Gasteiger partial charge in [-0.05, 0) is 55.5 Å². The Hall–Kier alpha value is -3.34. The lowest BCUT2D eigenvalue weighted by Crippen LogP contribution is -2.50. The first-order valence-electron chi connectivity index (χ1n) is 9.50. The summed E-state index contributed by atoms with van der Waals surface area (Å²) in [5, 5.41) is 0. The van der Waals surface area contributed by atoms with Gasteiger partial charge in [-0.1, -0.05) is 17.7 Å². The van der Waals surface area contributed by atoms with Crippen LogP contribution in [-0.2, 0) is 0 Å². The van der Waals surface area contributed by atoms with Crippen LogP contribution >= 0.6 is 0 Å². The van der Waals surface area contributed by atoms with Gasteiger partial charge in [0.15, 0.2) is 0 Å². The minimum absolute atomic E-state index is 0.0155. The number of hydrogen-bond donors (Lipinski definition) is 0. The molecule has 0 aliphatic carbocycles. The average molecular weight is 373 g/mol. The Bertz CT molecular complexity index is 969. The van der Waals surface area contributed by atoms with E-state index >= 15 is 0 Å². The Morgan fingerprint density at radius 1 is 0.714 bits per heavy atom. The van der Waals surface area contributed by atoms with Crippen LogP contribution in [0.1, 0.15) is 26.3 Å². The summed E-state index contributed by atoms with van der Waals surface area (Å²) in [6.45, 7) is 4.19. The molecular weight excluding hydrogens is 350 g/mol. The summed E-state index contributed by atoms with van der Waals surface area (Å²) in [5.41, 5.74) is 3.48. The maximum atomic E-state index is 12.8. The molecule has 2 heterocycles. The SMILES string of the molecule is Cc1cccc(C(=O)N2CCN(C(=O)c3ccc(-n4cccc4)cc3)CC2)c1. The normalized spacial score (nSPS) is 14.2. The minimum atomic E-state index is 0.0155. The van der Waals surface area contributed by atoms with Crippen LogP contribution in [0, 0.1) is 6.92 Å². The van der Waals surface area contributed by atoms with Crippen molar-refractivity contribution in [1.82, 2.24) is 14.4 Å². The van der Waals surface area contributed by atoms with Crippen LogP contribution < -0.4 is 0 Å². The molecule has 1 aliphatic rings. The fraction of sp³-hybridized carbons (Fsp3) is 0.217. The van der Waals surface area contributed by atoms with Gasteiger partial charge in [0.25, 0.3) is 11.8 Å². The summed E-state index contributed by atoms with van der Waals surface area (Å²) in [4.78, 5) is 29.1. The number of hydrogen-bond acceptors (Lipinski definition) is 2. The Morgan fingerprint density at radius 3 is 1.86 bits per heavy atom. The molecule has 0 saturated carbocycles. The molecule has 1 fully saturated rings. The summed E-state index contributed by atoms with van der Waals surface area (Å²) in [6.07, 6.45) is 3.95. The van der Waals surface area contributed by atoms with Crippen molar-refractivity contribution in [2.45, 2.75) is 6.92 Å². The molecule has 2 aromatic carbocycles. The second kappa shape index (κ2) is 7.72. The van der Waals surface area contributed by atoms with Crippen LogP contribution in [0.5, 0.6) is 0 Å². The molecule has 28 heavy (non-hydrogen) atoms. The van der Waals surface area contributed by atoms with Crippen molar-refractivity contribution in [2.24, 2.45) is 0 Å². The summed E-state index contributed by atoms with van der Waals surface area (Å²) in [5.74, 6) is 0.0496. The van der Waals surface area contributed by atoms with E-state index in [0.717, 1.165) is 11.3 Å². The Balaban J connectivity index is 1.38. The second-order valence-electron chi connectivity index (χ2n) is 7.09. The van der Waals surface area contributed by atoms with Crippen molar-refractivity contribution in [1.29, 1.82) is 0 Å². The first-order valence-corrected chi connectivity index (χ1v) is 9.50. The third-order valence-electron chi connectivity index (χ3n) is 5.14. The standard InChI is InChI=1S/C23H23N3O2/c1-18-5-4-6-20(17-18)23(28)26-15-13-25(14-16-26)22(27)19-7-9-21(10-8-19)24-11-2-3-12-24/h2-12,17H,13-16H2,1H3. The van der Waals surface area contributed by atoms with Gasteiger partial charge in [-0.2, -0.15) is 0 Å². The van der Waals surface area contributed by atoms with Gasteiger partial charge in [0, 0.05) is 55.4 Å². The zero-order valence-corrected chi connectivity index (χ0v) is 15.9. The van der Waals surface area contributed by atoms with E-state index < -0.39 is 0 Å². The van der Waals surface area contributed by atoms with Gasteiger partial charge >= 0.3 is 0 Å². The lowest BCUT2D eigenvalue weighted by molar-refractivity contribution is 0.0535. The molecule has 1 aromatic heterocycles. The number of aryl methyl sites for hydroxylation is 1. The molecule has 0 unspecified atom stereocenters. The van der Waals surface area contributed by atoms with E-state index in [0.29, 0.717) is 37.3 Å². The van der Waals surface area contributed by atoms with Crippen LogP contribution in [0.2, 0.25) is 0 Å². The second-order valence-corrected chi connectivity index (χ2v) is 7.09. The zero-order chi connectivity index (χ0) is 19.5. The third kappa shape index (κ3) is 3.69. The molecule has 3 aromatic rings. The van der Waals surface area contributed by atoms with Crippen LogP contribution in [-0.4, -0.2) is 52.4 Å². The molecule has 2 amide bonds. The van der Waals surface area contributed by atoms with Gasteiger partial charge in [0.1, 0.15) is 0 Å². The van der Waals surface area contributed by atoms with Gasteiger partial charge in [-0.25, -0.2) is 0 Å². The van der Waals surface area contributed by atoms with Crippen molar-refractivity contribution in [3.8, 4) is 5.69 Å². The van der Waals surface area contributed by atoms with Crippen molar-refractivity contribution >= 4 is 11.8 Å².